The van der Waals surface area contributed by atoms with Gasteiger partial charge in [-0.1, -0.05) is 15.9 Å². The third-order valence-electron chi connectivity index (χ3n) is 2.57. The van der Waals surface area contributed by atoms with Gasteiger partial charge in [-0.15, -0.1) is 0 Å². The first-order chi connectivity index (χ1) is 8.60. The molecule has 1 heterocycles. The topological polar surface area (TPSA) is 44.1 Å². The van der Waals surface area contributed by atoms with Crippen LogP contribution in [0.4, 0.5) is 0 Å². The fourth-order valence-corrected chi connectivity index (χ4v) is 2.07. The van der Waals surface area contributed by atoms with Crippen molar-refractivity contribution < 1.29 is 9.53 Å². The highest BCUT2D eigenvalue weighted by Gasteiger charge is 2.06. The van der Waals surface area contributed by atoms with Crippen molar-refractivity contribution in [2.45, 2.75) is 13.5 Å². The summed E-state index contributed by atoms with van der Waals surface area (Å²) in [5.74, 6) is 0.576. The van der Waals surface area contributed by atoms with Crippen molar-refractivity contribution in [2.24, 2.45) is 7.05 Å². The van der Waals surface area contributed by atoms with Crippen molar-refractivity contribution in [3.63, 3.8) is 0 Å². The van der Waals surface area contributed by atoms with E-state index >= 15 is 0 Å². The van der Waals surface area contributed by atoms with Crippen molar-refractivity contribution >= 4 is 22.2 Å². The van der Waals surface area contributed by atoms with Crippen molar-refractivity contribution in [1.82, 2.24) is 9.78 Å². The van der Waals surface area contributed by atoms with Crippen LogP contribution in [-0.4, -0.2) is 16.1 Å². The molecule has 0 aliphatic rings. The predicted octanol–water partition coefficient (Wildman–Crippen LogP) is 2.88. The Morgan fingerprint density at radius 1 is 1.44 bits per heavy atom. The van der Waals surface area contributed by atoms with E-state index in [1.54, 1.807) is 16.8 Å². The van der Waals surface area contributed by atoms with Gasteiger partial charge in [0, 0.05) is 11.5 Å². The number of benzene rings is 1. The Labute approximate surface area is 114 Å². The molecular weight excluding hydrogens is 296 g/mol. The molecule has 5 heteroatoms. The van der Waals surface area contributed by atoms with Crippen molar-refractivity contribution in [3.8, 4) is 5.75 Å². The molecule has 0 atom stereocenters. The lowest BCUT2D eigenvalue weighted by molar-refractivity contribution is 0.111. The van der Waals surface area contributed by atoms with E-state index in [1.807, 2.05) is 26.1 Å². The zero-order valence-corrected chi connectivity index (χ0v) is 11.8. The van der Waals surface area contributed by atoms with Crippen LogP contribution in [0.3, 0.4) is 0 Å². The number of halogens is 1. The molecule has 4 nitrogen and oxygen atoms in total. The average Bonchev–Trinajstić information content (AvgIpc) is 2.66. The van der Waals surface area contributed by atoms with E-state index < -0.39 is 0 Å². The van der Waals surface area contributed by atoms with Crippen molar-refractivity contribution in [2.75, 3.05) is 0 Å². The predicted molar refractivity (Wildman–Crippen MR) is 71.8 cm³/mol. The summed E-state index contributed by atoms with van der Waals surface area (Å²) >= 11 is 3.32. The highest BCUT2D eigenvalue weighted by Crippen LogP contribution is 2.22. The molecular formula is C13H13BrN2O2. The van der Waals surface area contributed by atoms with Crippen LogP contribution in [-0.2, 0) is 13.7 Å². The van der Waals surface area contributed by atoms with Crippen LogP contribution in [0.5, 0.6) is 5.75 Å². The van der Waals surface area contributed by atoms with Gasteiger partial charge in [-0.25, -0.2) is 0 Å². The molecule has 0 saturated carbocycles. The van der Waals surface area contributed by atoms with Gasteiger partial charge >= 0.3 is 0 Å². The molecule has 0 bridgehead atoms. The van der Waals surface area contributed by atoms with E-state index in [0.29, 0.717) is 17.9 Å². The SMILES string of the molecule is Cc1cc(COc2ccc(Br)cc2C=O)n(C)n1. The number of hydrogen-bond acceptors (Lipinski definition) is 3. The summed E-state index contributed by atoms with van der Waals surface area (Å²) in [6.45, 7) is 2.32. The highest BCUT2D eigenvalue weighted by atomic mass is 79.9. The van der Waals surface area contributed by atoms with Crippen LogP contribution in [0.15, 0.2) is 28.7 Å². The summed E-state index contributed by atoms with van der Waals surface area (Å²) in [7, 11) is 1.87. The van der Waals surface area contributed by atoms with E-state index in [4.69, 9.17) is 4.74 Å². The number of aryl methyl sites for hydroxylation is 2. The summed E-state index contributed by atoms with van der Waals surface area (Å²) in [6, 6.07) is 7.31. The Balaban J connectivity index is 2.15. The summed E-state index contributed by atoms with van der Waals surface area (Å²) < 4.78 is 8.28. The van der Waals surface area contributed by atoms with Gasteiger partial charge in [-0.2, -0.15) is 5.10 Å². The number of rotatable bonds is 4. The number of carbonyl (C=O) groups excluding carboxylic acids is 1. The molecule has 94 valence electrons. The molecule has 0 amide bonds. The van der Waals surface area contributed by atoms with Crippen LogP contribution < -0.4 is 4.74 Å². The van der Waals surface area contributed by atoms with E-state index in [-0.39, 0.29) is 0 Å². The smallest absolute Gasteiger partial charge is 0.153 e. The van der Waals surface area contributed by atoms with E-state index in [1.165, 1.54) is 0 Å². The first kappa shape index (κ1) is 12.8. The molecule has 0 radical (unpaired) electrons. The number of carbonyl (C=O) groups is 1. The molecule has 2 rings (SSSR count). The third-order valence-corrected chi connectivity index (χ3v) is 3.07. The zero-order chi connectivity index (χ0) is 13.1. The minimum absolute atomic E-state index is 0.389. The Hall–Kier alpha value is -1.62. The zero-order valence-electron chi connectivity index (χ0n) is 10.2. The second kappa shape index (κ2) is 5.35. The van der Waals surface area contributed by atoms with Gasteiger partial charge in [-0.05, 0) is 31.2 Å². The van der Waals surface area contributed by atoms with Crippen LogP contribution >= 0.6 is 15.9 Å². The summed E-state index contributed by atoms with van der Waals surface area (Å²) in [4.78, 5) is 10.9. The molecule has 0 saturated heterocycles. The fourth-order valence-electron chi connectivity index (χ4n) is 1.69. The molecule has 0 N–H and O–H groups in total. The maximum Gasteiger partial charge on any atom is 0.153 e. The standard InChI is InChI=1S/C13H13BrN2O2/c1-9-5-12(16(2)15-9)8-18-13-4-3-11(14)6-10(13)7-17/h3-7H,8H2,1-2H3. The molecule has 0 aliphatic heterocycles. The third kappa shape index (κ3) is 2.79. The molecule has 0 spiro atoms. The Bertz CT molecular complexity index is 578. The Morgan fingerprint density at radius 3 is 2.83 bits per heavy atom. The number of aldehydes is 1. The number of hydrogen-bond donors (Lipinski definition) is 0. The first-order valence-corrected chi connectivity index (χ1v) is 6.26. The molecule has 1 aromatic heterocycles. The van der Waals surface area contributed by atoms with Gasteiger partial charge < -0.3 is 4.74 Å². The van der Waals surface area contributed by atoms with Gasteiger partial charge in [0.05, 0.1) is 17.0 Å². The number of ether oxygens (including phenoxy) is 1. The monoisotopic (exact) mass is 308 g/mol. The molecule has 2 aromatic rings. The van der Waals surface area contributed by atoms with Crippen LogP contribution in [0.25, 0.3) is 0 Å². The van der Waals surface area contributed by atoms with E-state index in [2.05, 4.69) is 21.0 Å². The minimum Gasteiger partial charge on any atom is -0.487 e. The van der Waals surface area contributed by atoms with Crippen molar-refractivity contribution in [3.05, 3.63) is 45.7 Å². The largest absolute Gasteiger partial charge is 0.487 e. The Morgan fingerprint density at radius 2 is 2.22 bits per heavy atom. The summed E-state index contributed by atoms with van der Waals surface area (Å²) in [5, 5.41) is 4.24. The van der Waals surface area contributed by atoms with Gasteiger partial charge in [0.1, 0.15) is 12.4 Å². The van der Waals surface area contributed by atoms with Gasteiger partial charge in [0.2, 0.25) is 0 Å². The molecule has 0 unspecified atom stereocenters. The lowest BCUT2D eigenvalue weighted by atomic mass is 10.2. The van der Waals surface area contributed by atoms with Crippen LogP contribution in [0, 0.1) is 6.92 Å². The second-order valence-corrected chi connectivity index (χ2v) is 4.91. The van der Waals surface area contributed by atoms with E-state index in [0.717, 1.165) is 22.1 Å². The normalized spacial score (nSPS) is 10.4. The first-order valence-electron chi connectivity index (χ1n) is 5.47. The minimum atomic E-state index is 0.389. The van der Waals surface area contributed by atoms with Gasteiger partial charge in [0.15, 0.2) is 6.29 Å². The maximum absolute atomic E-state index is 10.9. The molecule has 0 aliphatic carbocycles. The van der Waals surface area contributed by atoms with Gasteiger partial charge in [0.25, 0.3) is 0 Å². The van der Waals surface area contributed by atoms with Crippen molar-refractivity contribution in [1.29, 1.82) is 0 Å². The fraction of sp³-hybridized carbons (Fsp3) is 0.231. The highest BCUT2D eigenvalue weighted by molar-refractivity contribution is 9.10. The number of aromatic nitrogens is 2. The lowest BCUT2D eigenvalue weighted by Gasteiger charge is -2.08. The van der Waals surface area contributed by atoms with Gasteiger partial charge in [-0.3, -0.25) is 9.48 Å². The van der Waals surface area contributed by atoms with Crippen LogP contribution in [0.1, 0.15) is 21.7 Å². The Kier molecular flexibility index (Phi) is 3.81. The lowest BCUT2D eigenvalue weighted by Crippen LogP contribution is -2.04. The maximum atomic E-state index is 10.9. The van der Waals surface area contributed by atoms with Crippen LogP contribution in [0.2, 0.25) is 0 Å². The molecule has 18 heavy (non-hydrogen) atoms. The second-order valence-electron chi connectivity index (χ2n) is 3.99. The molecule has 1 aromatic carbocycles. The number of nitrogens with zero attached hydrogens (tertiary/aromatic N) is 2. The summed E-state index contributed by atoms with van der Waals surface area (Å²) in [6.07, 6.45) is 0.786. The molecule has 0 fully saturated rings. The summed E-state index contributed by atoms with van der Waals surface area (Å²) in [5.41, 5.74) is 2.44. The van der Waals surface area contributed by atoms with E-state index in [9.17, 15) is 4.79 Å². The quantitative estimate of drug-likeness (QED) is 0.816. The average molecular weight is 309 g/mol.